The van der Waals surface area contributed by atoms with Gasteiger partial charge in [-0.1, -0.05) is 25.5 Å². The van der Waals surface area contributed by atoms with Gasteiger partial charge in [-0.25, -0.2) is 9.79 Å². The molecular weight excluding hydrogens is 338 g/mol. The van der Waals surface area contributed by atoms with Crippen LogP contribution in [0.15, 0.2) is 23.2 Å². The lowest BCUT2D eigenvalue weighted by Crippen LogP contribution is -2.41. The number of carbonyl (C=O) groups excluding carboxylic acids is 1. The van der Waals surface area contributed by atoms with Gasteiger partial charge < -0.3 is 15.4 Å². The first kappa shape index (κ1) is 21.3. The zero-order valence-corrected chi connectivity index (χ0v) is 17.5. The average molecular weight is 374 g/mol. The summed E-state index contributed by atoms with van der Waals surface area (Å²) in [4.78, 5) is 18.6. The number of unbranched alkanes of at least 4 members (excludes halogenated alkanes) is 1. The number of nitrogens with two attached hydrogens (primary N) is 1. The van der Waals surface area contributed by atoms with E-state index in [9.17, 15) is 4.79 Å². The third-order valence-corrected chi connectivity index (χ3v) is 4.82. The molecule has 5 heteroatoms. The van der Waals surface area contributed by atoms with E-state index in [1.54, 1.807) is 0 Å². The minimum atomic E-state index is -0.445. The lowest BCUT2D eigenvalue weighted by Gasteiger charge is -2.33. The fraction of sp³-hybridized carbons (Fsp3) is 0.636. The van der Waals surface area contributed by atoms with E-state index in [4.69, 9.17) is 10.5 Å². The molecule has 5 nitrogen and oxygen atoms in total. The summed E-state index contributed by atoms with van der Waals surface area (Å²) in [6, 6.07) is 6.56. The molecule has 0 aromatic heterocycles. The summed E-state index contributed by atoms with van der Waals surface area (Å²) in [6.45, 7) is 11.2. The van der Waals surface area contributed by atoms with Gasteiger partial charge >= 0.3 is 6.09 Å². The quantitative estimate of drug-likeness (QED) is 0.573. The van der Waals surface area contributed by atoms with Gasteiger partial charge in [-0.15, -0.1) is 0 Å². The van der Waals surface area contributed by atoms with Crippen molar-refractivity contribution in [3.05, 3.63) is 29.3 Å². The molecule has 1 saturated heterocycles. The number of hydrogen-bond donors (Lipinski definition) is 1. The number of aryl methyl sites for hydroxylation is 1. The van der Waals surface area contributed by atoms with Crippen molar-refractivity contribution >= 4 is 17.6 Å². The predicted octanol–water partition coefficient (Wildman–Crippen LogP) is 5.15. The summed E-state index contributed by atoms with van der Waals surface area (Å²) in [5.74, 6) is 1.06. The number of benzene rings is 1. The van der Waals surface area contributed by atoms with Gasteiger partial charge in [0.25, 0.3) is 0 Å². The van der Waals surface area contributed by atoms with Gasteiger partial charge in [-0.2, -0.15) is 0 Å². The first-order chi connectivity index (χ1) is 12.7. The maximum atomic E-state index is 12.3. The molecule has 1 aromatic rings. The van der Waals surface area contributed by atoms with E-state index in [2.05, 4.69) is 30.1 Å². The highest BCUT2D eigenvalue weighted by atomic mass is 16.6. The van der Waals surface area contributed by atoms with E-state index in [1.165, 1.54) is 11.1 Å². The summed E-state index contributed by atoms with van der Waals surface area (Å²) in [6.07, 6.45) is 5.05. The van der Waals surface area contributed by atoms with Crippen LogP contribution in [0.3, 0.4) is 0 Å². The number of likely N-dealkylation sites (tertiary alicyclic amines) is 1. The maximum Gasteiger partial charge on any atom is 0.410 e. The van der Waals surface area contributed by atoms with Gasteiger partial charge in [-0.05, 0) is 76.5 Å². The van der Waals surface area contributed by atoms with Crippen molar-refractivity contribution in [2.45, 2.75) is 78.2 Å². The Kier molecular flexibility index (Phi) is 7.28. The van der Waals surface area contributed by atoms with Crippen molar-refractivity contribution in [3.8, 4) is 0 Å². The average Bonchev–Trinajstić information content (AvgIpc) is 2.59. The number of nitrogens with zero attached hydrogens (tertiary/aromatic N) is 2. The molecule has 0 spiro atoms. The molecule has 0 atom stereocenters. The molecule has 27 heavy (non-hydrogen) atoms. The topological polar surface area (TPSA) is 67.9 Å². The van der Waals surface area contributed by atoms with Crippen LogP contribution >= 0.6 is 0 Å². The van der Waals surface area contributed by atoms with Crippen LogP contribution in [0.4, 0.5) is 10.5 Å². The van der Waals surface area contributed by atoms with E-state index in [0.717, 1.165) is 50.9 Å². The van der Waals surface area contributed by atoms with Crippen molar-refractivity contribution in [3.63, 3.8) is 0 Å². The Bertz CT molecular complexity index is 665. The molecular formula is C22H35N3O2. The second-order valence-corrected chi connectivity index (χ2v) is 8.49. The van der Waals surface area contributed by atoms with Crippen LogP contribution in [0.5, 0.6) is 0 Å². The van der Waals surface area contributed by atoms with E-state index in [0.29, 0.717) is 11.8 Å². The number of ether oxygens (including phenoxy) is 1. The molecule has 0 aliphatic carbocycles. The molecule has 150 valence electrons. The van der Waals surface area contributed by atoms with Crippen LogP contribution in [0.25, 0.3) is 0 Å². The van der Waals surface area contributed by atoms with Crippen molar-refractivity contribution in [2.75, 3.05) is 13.1 Å². The summed E-state index contributed by atoms with van der Waals surface area (Å²) < 4.78 is 5.49. The largest absolute Gasteiger partial charge is 0.444 e. The molecule has 2 rings (SSSR count). The molecule has 2 N–H and O–H groups in total. The van der Waals surface area contributed by atoms with Gasteiger partial charge in [0.2, 0.25) is 0 Å². The van der Waals surface area contributed by atoms with E-state index < -0.39 is 5.60 Å². The van der Waals surface area contributed by atoms with Crippen LogP contribution in [0.2, 0.25) is 0 Å². The minimum absolute atomic E-state index is 0.201. The number of aliphatic imine (C=N–C) groups is 1. The Labute approximate surface area is 164 Å². The Morgan fingerprint density at radius 3 is 2.52 bits per heavy atom. The number of piperidine rings is 1. The summed E-state index contributed by atoms with van der Waals surface area (Å²) >= 11 is 0. The second-order valence-electron chi connectivity index (χ2n) is 8.49. The molecule has 0 saturated carbocycles. The second kappa shape index (κ2) is 9.25. The molecule has 0 unspecified atom stereocenters. The fourth-order valence-corrected chi connectivity index (χ4v) is 3.45. The van der Waals surface area contributed by atoms with Crippen molar-refractivity contribution in [1.29, 1.82) is 0 Å². The first-order valence-corrected chi connectivity index (χ1v) is 10.1. The summed E-state index contributed by atoms with van der Waals surface area (Å²) in [5, 5.41) is 0. The third-order valence-electron chi connectivity index (χ3n) is 4.82. The SMILES string of the molecule is CCCCc1cc(C2CCN(C(=O)OC(C)(C)C)CC2)ccc1N=C(C)N. The Balaban J connectivity index is 2.06. The van der Waals surface area contributed by atoms with Crippen molar-refractivity contribution in [1.82, 2.24) is 4.90 Å². The summed E-state index contributed by atoms with van der Waals surface area (Å²) in [7, 11) is 0. The van der Waals surface area contributed by atoms with Gasteiger partial charge in [0.1, 0.15) is 5.60 Å². The zero-order valence-electron chi connectivity index (χ0n) is 17.5. The smallest absolute Gasteiger partial charge is 0.410 e. The molecule has 1 amide bonds. The Morgan fingerprint density at radius 2 is 1.96 bits per heavy atom. The third kappa shape index (κ3) is 6.56. The van der Waals surface area contributed by atoms with Crippen LogP contribution in [0.1, 0.15) is 77.3 Å². The predicted molar refractivity (Wildman–Crippen MR) is 112 cm³/mol. The highest BCUT2D eigenvalue weighted by Gasteiger charge is 2.27. The van der Waals surface area contributed by atoms with Gasteiger partial charge in [0.15, 0.2) is 0 Å². The molecule has 1 fully saturated rings. The van der Waals surface area contributed by atoms with Crippen LogP contribution < -0.4 is 5.73 Å². The summed E-state index contributed by atoms with van der Waals surface area (Å²) in [5.41, 5.74) is 8.95. The lowest BCUT2D eigenvalue weighted by atomic mass is 9.87. The molecule has 1 aliphatic rings. The van der Waals surface area contributed by atoms with Gasteiger partial charge in [0, 0.05) is 13.1 Å². The van der Waals surface area contributed by atoms with Crippen molar-refractivity contribution < 1.29 is 9.53 Å². The standard InChI is InChI=1S/C22H35N3O2/c1-6-7-8-19-15-18(9-10-20(19)24-16(2)23)17-11-13-25(14-12-17)21(26)27-22(3,4)5/h9-10,15,17H,6-8,11-14H2,1-5H3,(H2,23,24). The van der Waals surface area contributed by atoms with Gasteiger partial charge in [-0.3, -0.25) is 0 Å². The Morgan fingerprint density at radius 1 is 1.30 bits per heavy atom. The van der Waals surface area contributed by atoms with Crippen molar-refractivity contribution in [2.24, 2.45) is 10.7 Å². The Hall–Kier alpha value is -2.04. The number of amides is 1. The number of rotatable bonds is 5. The fourth-order valence-electron chi connectivity index (χ4n) is 3.45. The molecule has 1 heterocycles. The molecule has 0 radical (unpaired) electrons. The number of hydrogen-bond acceptors (Lipinski definition) is 3. The minimum Gasteiger partial charge on any atom is -0.444 e. The first-order valence-electron chi connectivity index (χ1n) is 10.1. The van der Waals surface area contributed by atoms with E-state index in [-0.39, 0.29) is 6.09 Å². The normalized spacial score (nSPS) is 16.5. The van der Waals surface area contributed by atoms with Crippen LogP contribution in [0, 0.1) is 0 Å². The van der Waals surface area contributed by atoms with Crippen LogP contribution in [-0.4, -0.2) is 35.5 Å². The number of carbonyl (C=O) groups is 1. The monoisotopic (exact) mass is 373 g/mol. The number of amidine groups is 1. The van der Waals surface area contributed by atoms with E-state index >= 15 is 0 Å². The molecule has 0 bridgehead atoms. The van der Waals surface area contributed by atoms with Crippen LogP contribution in [-0.2, 0) is 11.2 Å². The lowest BCUT2D eigenvalue weighted by molar-refractivity contribution is 0.0205. The highest BCUT2D eigenvalue weighted by Crippen LogP contribution is 2.32. The maximum absolute atomic E-state index is 12.3. The molecule has 1 aromatic carbocycles. The highest BCUT2D eigenvalue weighted by molar-refractivity contribution is 5.81. The van der Waals surface area contributed by atoms with E-state index in [1.807, 2.05) is 32.6 Å². The van der Waals surface area contributed by atoms with Gasteiger partial charge in [0.05, 0.1) is 11.5 Å². The molecule has 1 aliphatic heterocycles. The zero-order chi connectivity index (χ0) is 20.0.